The van der Waals surface area contributed by atoms with Crippen LogP contribution in [-0.2, 0) is 12.8 Å². The Hall–Kier alpha value is -5.28. The molecule has 0 saturated heterocycles. The molecule has 1 atom stereocenters. The fourth-order valence-corrected chi connectivity index (χ4v) is 7.49. The van der Waals surface area contributed by atoms with Crippen LogP contribution in [0.25, 0.3) is 66.1 Å². The number of rotatable bonds is 2. The molecule has 0 saturated carbocycles. The van der Waals surface area contributed by atoms with E-state index in [0.29, 0.717) is 6.04 Å². The molecule has 2 aliphatic rings. The number of fused-ring (bicyclic) bond motifs is 12. The van der Waals surface area contributed by atoms with Gasteiger partial charge in [0.05, 0.1) is 0 Å². The SMILES string of the molecule is c1ccc(-c2ccc(-c3ccc4c(c3)CC3Cc5c(ccc6oc7cc8c(cc7c56)oc5ccccc58)N43)cc2)cc1. The van der Waals surface area contributed by atoms with E-state index in [1.165, 1.54) is 50.1 Å². The molecule has 0 radical (unpaired) electrons. The van der Waals surface area contributed by atoms with E-state index in [1.54, 1.807) is 0 Å². The maximum Gasteiger partial charge on any atom is 0.136 e. The smallest absolute Gasteiger partial charge is 0.136 e. The van der Waals surface area contributed by atoms with E-state index in [0.717, 1.165) is 51.3 Å². The lowest BCUT2D eigenvalue weighted by Gasteiger charge is -2.20. The standard InChI is InChI=1S/C39H25NO2/c1-2-6-23(7-3-1)24-10-12-25(13-11-24)26-14-15-33-27(18-26)19-28-20-31-34(40(28)33)16-17-36-39(31)32-22-37-30(21-38(32)42-36)29-8-4-5-9-35(29)41-37/h1-18,21-22,28H,19-20H2. The molecule has 4 heterocycles. The molecule has 0 aliphatic carbocycles. The zero-order chi connectivity index (χ0) is 27.4. The summed E-state index contributed by atoms with van der Waals surface area (Å²) in [6.07, 6.45) is 2.06. The van der Waals surface area contributed by atoms with Crippen molar-refractivity contribution in [1.29, 1.82) is 0 Å². The second kappa shape index (κ2) is 8.14. The number of hydrogen-bond donors (Lipinski definition) is 0. The first-order valence-electron chi connectivity index (χ1n) is 14.7. The van der Waals surface area contributed by atoms with Crippen molar-refractivity contribution in [2.24, 2.45) is 0 Å². The summed E-state index contributed by atoms with van der Waals surface area (Å²) in [5.41, 5.74) is 14.2. The zero-order valence-corrected chi connectivity index (χ0v) is 22.8. The molecule has 198 valence electrons. The van der Waals surface area contributed by atoms with Crippen molar-refractivity contribution in [3.05, 3.63) is 132 Å². The van der Waals surface area contributed by atoms with Crippen LogP contribution in [0.15, 0.2) is 130 Å². The lowest BCUT2D eigenvalue weighted by atomic mass is 9.96. The van der Waals surface area contributed by atoms with Gasteiger partial charge in [0.15, 0.2) is 0 Å². The highest BCUT2D eigenvalue weighted by atomic mass is 16.3. The quantitative estimate of drug-likeness (QED) is 0.219. The summed E-state index contributed by atoms with van der Waals surface area (Å²) < 4.78 is 12.7. The molecule has 3 heteroatoms. The molecular formula is C39H25NO2. The van der Waals surface area contributed by atoms with Gasteiger partial charge >= 0.3 is 0 Å². The van der Waals surface area contributed by atoms with Crippen LogP contribution >= 0.6 is 0 Å². The van der Waals surface area contributed by atoms with E-state index >= 15 is 0 Å². The molecular weight excluding hydrogens is 514 g/mol. The maximum atomic E-state index is 6.44. The molecule has 0 fully saturated rings. The summed E-state index contributed by atoms with van der Waals surface area (Å²) in [6, 6.07) is 43.9. The first kappa shape index (κ1) is 22.4. The van der Waals surface area contributed by atoms with Gasteiger partial charge < -0.3 is 13.7 Å². The molecule has 2 aromatic heterocycles. The Bertz CT molecular complexity index is 2360. The highest BCUT2D eigenvalue weighted by Crippen LogP contribution is 2.50. The van der Waals surface area contributed by atoms with Crippen molar-refractivity contribution in [3.63, 3.8) is 0 Å². The first-order valence-corrected chi connectivity index (χ1v) is 14.7. The molecule has 3 nitrogen and oxygen atoms in total. The van der Waals surface area contributed by atoms with E-state index in [-0.39, 0.29) is 0 Å². The molecule has 2 aliphatic heterocycles. The van der Waals surface area contributed by atoms with Gasteiger partial charge in [0, 0.05) is 39.0 Å². The summed E-state index contributed by atoms with van der Waals surface area (Å²) in [6.45, 7) is 0. The van der Waals surface area contributed by atoms with E-state index in [1.807, 2.05) is 12.1 Å². The van der Waals surface area contributed by atoms with Crippen LogP contribution in [0.5, 0.6) is 0 Å². The zero-order valence-electron chi connectivity index (χ0n) is 22.8. The van der Waals surface area contributed by atoms with E-state index in [9.17, 15) is 0 Å². The minimum absolute atomic E-state index is 0.427. The van der Waals surface area contributed by atoms with Gasteiger partial charge in [-0.2, -0.15) is 0 Å². The maximum absolute atomic E-state index is 6.44. The number of anilines is 2. The Balaban J connectivity index is 1.05. The van der Waals surface area contributed by atoms with Crippen LogP contribution in [0.4, 0.5) is 11.4 Å². The van der Waals surface area contributed by atoms with Crippen LogP contribution in [0.1, 0.15) is 11.1 Å². The first-order chi connectivity index (χ1) is 20.8. The van der Waals surface area contributed by atoms with Crippen molar-refractivity contribution in [2.75, 3.05) is 4.90 Å². The van der Waals surface area contributed by atoms with Crippen LogP contribution in [0, 0.1) is 0 Å². The molecule has 0 spiro atoms. The number of nitrogens with zero attached hydrogens (tertiary/aromatic N) is 1. The summed E-state index contributed by atoms with van der Waals surface area (Å²) in [7, 11) is 0. The molecule has 1 unspecified atom stereocenters. The Morgan fingerprint density at radius 1 is 0.476 bits per heavy atom. The van der Waals surface area contributed by atoms with Gasteiger partial charge in [0.25, 0.3) is 0 Å². The highest BCUT2D eigenvalue weighted by Gasteiger charge is 2.38. The second-order valence-electron chi connectivity index (χ2n) is 11.7. The molecule has 10 rings (SSSR count). The summed E-state index contributed by atoms with van der Waals surface area (Å²) >= 11 is 0. The Labute approximate surface area is 242 Å². The van der Waals surface area contributed by atoms with Gasteiger partial charge in [-0.15, -0.1) is 0 Å². The molecule has 0 N–H and O–H groups in total. The van der Waals surface area contributed by atoms with Crippen molar-refractivity contribution >= 4 is 55.3 Å². The minimum atomic E-state index is 0.427. The van der Waals surface area contributed by atoms with Crippen molar-refractivity contribution in [2.45, 2.75) is 18.9 Å². The van der Waals surface area contributed by atoms with Gasteiger partial charge in [-0.1, -0.05) is 78.9 Å². The Morgan fingerprint density at radius 2 is 1.14 bits per heavy atom. The van der Waals surface area contributed by atoms with Crippen molar-refractivity contribution in [3.8, 4) is 22.3 Å². The monoisotopic (exact) mass is 539 g/mol. The van der Waals surface area contributed by atoms with E-state index in [2.05, 4.69) is 114 Å². The highest BCUT2D eigenvalue weighted by molar-refractivity contribution is 6.16. The number of benzene rings is 6. The van der Waals surface area contributed by atoms with Crippen molar-refractivity contribution in [1.82, 2.24) is 0 Å². The summed E-state index contributed by atoms with van der Waals surface area (Å²) in [4.78, 5) is 2.56. The molecule has 42 heavy (non-hydrogen) atoms. The predicted octanol–water partition coefficient (Wildman–Crippen LogP) is 10.4. The fraction of sp³-hybridized carbons (Fsp3) is 0.0769. The van der Waals surface area contributed by atoms with Crippen molar-refractivity contribution < 1.29 is 8.83 Å². The van der Waals surface area contributed by atoms with Crippen LogP contribution in [-0.4, -0.2) is 6.04 Å². The van der Waals surface area contributed by atoms with Gasteiger partial charge in [0.2, 0.25) is 0 Å². The lowest BCUT2D eigenvalue weighted by molar-refractivity contribution is 0.664. The van der Waals surface area contributed by atoms with E-state index in [4.69, 9.17) is 8.83 Å². The average Bonchev–Trinajstić information content (AvgIpc) is 3.78. The largest absolute Gasteiger partial charge is 0.456 e. The van der Waals surface area contributed by atoms with Gasteiger partial charge in [-0.25, -0.2) is 0 Å². The van der Waals surface area contributed by atoms with Crippen LogP contribution in [0.3, 0.4) is 0 Å². The number of hydrogen-bond acceptors (Lipinski definition) is 3. The average molecular weight is 540 g/mol. The van der Waals surface area contributed by atoms with Gasteiger partial charge in [-0.05, 0) is 88.7 Å². The third-order valence-corrected chi connectivity index (χ3v) is 9.40. The Morgan fingerprint density at radius 3 is 2.02 bits per heavy atom. The predicted molar refractivity (Wildman–Crippen MR) is 172 cm³/mol. The fourth-order valence-electron chi connectivity index (χ4n) is 7.49. The minimum Gasteiger partial charge on any atom is -0.456 e. The third-order valence-electron chi connectivity index (χ3n) is 9.40. The van der Waals surface area contributed by atoms with Gasteiger partial charge in [-0.3, -0.25) is 0 Å². The van der Waals surface area contributed by atoms with E-state index < -0.39 is 0 Å². The lowest BCUT2D eigenvalue weighted by Crippen LogP contribution is -2.22. The second-order valence-corrected chi connectivity index (χ2v) is 11.7. The third kappa shape index (κ3) is 3.05. The summed E-state index contributed by atoms with van der Waals surface area (Å²) in [5.74, 6) is 0. The molecule has 0 amide bonds. The molecule has 0 bridgehead atoms. The number of furan rings is 2. The topological polar surface area (TPSA) is 29.5 Å². The molecule has 6 aromatic carbocycles. The Kier molecular flexibility index (Phi) is 4.35. The van der Waals surface area contributed by atoms with Gasteiger partial charge in [0.1, 0.15) is 22.3 Å². The number of para-hydroxylation sites is 1. The summed E-state index contributed by atoms with van der Waals surface area (Å²) in [5, 5.41) is 4.61. The normalized spacial score (nSPS) is 15.6. The van der Waals surface area contributed by atoms with Crippen LogP contribution in [0.2, 0.25) is 0 Å². The van der Waals surface area contributed by atoms with Crippen LogP contribution < -0.4 is 4.90 Å². The molecule has 8 aromatic rings.